The fourth-order valence-corrected chi connectivity index (χ4v) is 12.8. The summed E-state index contributed by atoms with van der Waals surface area (Å²) in [5.74, 6) is -24.5. The molecule has 11 aromatic rings. The summed E-state index contributed by atoms with van der Waals surface area (Å²) in [4.78, 5) is 15.8. The standard InChI is InChI=1S/C70H38Cl4F12N4O5S/c71-42-19-9-38(10-20-42)58-49-27-28-50(87-49)59(39-11-21-43(72)22-12-39)52-31-32-54(89-52)61(41-15-25-45(74)26-16-41)64-48(35-55(90-64)60(53-30-29-51(58)88-53)40-13-23-44(73)24-14-40)65(75,76)66(77,78)67(79,80)68(81,82)95-69(83,84)70(85,86)96(92,93)94-57-34-18-37-6-2-4-8-47(37)63(57)62-46-7-3-1-5-36(46)17-33-56(62)91/h1-35,88-89,91H. The second-order valence-corrected chi connectivity index (χ2v) is 25.3. The Morgan fingerprint density at radius 1 is 0.406 bits per heavy atom. The molecule has 26 heteroatoms. The third-order valence-corrected chi connectivity index (χ3v) is 18.3. The summed E-state index contributed by atoms with van der Waals surface area (Å²) in [5, 5.41) is 5.23. The molecule has 2 aliphatic heterocycles. The Labute approximate surface area is 555 Å². The first-order chi connectivity index (χ1) is 45.4. The van der Waals surface area contributed by atoms with Gasteiger partial charge in [-0.15, -0.1) is 0 Å². The third kappa shape index (κ3) is 11.1. The van der Waals surface area contributed by atoms with E-state index in [1.807, 2.05) is 0 Å². The third-order valence-electron chi connectivity index (χ3n) is 16.0. The number of aromatic amines is 2. The maximum Gasteiger partial charge on any atom is 0.471 e. The van der Waals surface area contributed by atoms with Crippen molar-refractivity contribution in [2.75, 3.05) is 0 Å². The van der Waals surface area contributed by atoms with Gasteiger partial charge in [0.15, 0.2) is 5.75 Å². The van der Waals surface area contributed by atoms with E-state index in [1.165, 1.54) is 121 Å². The largest absolute Gasteiger partial charge is 0.507 e. The molecular formula is C70H38Cl4F12N4O5S. The molecule has 0 unspecified atom stereocenters. The molecule has 3 aromatic heterocycles. The van der Waals surface area contributed by atoms with Crippen molar-refractivity contribution in [2.24, 2.45) is 0 Å². The number of H-pyrrole nitrogens is 2. The van der Waals surface area contributed by atoms with Crippen molar-refractivity contribution >= 4 is 124 Å². The van der Waals surface area contributed by atoms with E-state index in [9.17, 15) is 13.5 Å². The number of nitrogens with zero attached hydrogens (tertiary/aromatic N) is 2. The summed E-state index contributed by atoms with van der Waals surface area (Å²) < 4.78 is 235. The van der Waals surface area contributed by atoms with Gasteiger partial charge < -0.3 is 19.3 Å². The molecule has 0 aliphatic carbocycles. The van der Waals surface area contributed by atoms with E-state index in [4.69, 9.17) is 51.4 Å². The van der Waals surface area contributed by atoms with Crippen molar-refractivity contribution in [3.05, 3.63) is 237 Å². The average Bonchev–Trinajstić information content (AvgIpc) is 1.24. The molecule has 0 saturated heterocycles. The van der Waals surface area contributed by atoms with Crippen LogP contribution in [0.5, 0.6) is 11.5 Å². The van der Waals surface area contributed by atoms with Crippen LogP contribution in [0.25, 0.3) is 123 Å². The van der Waals surface area contributed by atoms with Gasteiger partial charge in [-0.25, -0.2) is 14.7 Å². The number of hydrogen-bond acceptors (Lipinski definition) is 7. The van der Waals surface area contributed by atoms with Gasteiger partial charge in [0.05, 0.1) is 28.3 Å². The molecule has 96 heavy (non-hydrogen) atoms. The zero-order valence-electron chi connectivity index (χ0n) is 48.1. The van der Waals surface area contributed by atoms with Crippen LogP contribution in [0.2, 0.25) is 20.1 Å². The van der Waals surface area contributed by atoms with E-state index in [0.29, 0.717) is 49.4 Å². The Morgan fingerprint density at radius 3 is 1.26 bits per heavy atom. The van der Waals surface area contributed by atoms with Crippen LogP contribution in [0.15, 0.2) is 194 Å². The van der Waals surface area contributed by atoms with E-state index in [-0.39, 0.29) is 82.3 Å². The summed E-state index contributed by atoms with van der Waals surface area (Å²) in [7, 11) is -7.59. The number of nitrogens with one attached hydrogen (secondary N) is 2. The van der Waals surface area contributed by atoms with Gasteiger partial charge in [-0.1, -0.05) is 156 Å². The Morgan fingerprint density at radius 2 is 0.802 bits per heavy atom. The number of hydrogen-bond donors (Lipinski definition) is 3. The highest BCUT2D eigenvalue weighted by atomic mass is 35.5. The lowest BCUT2D eigenvalue weighted by Gasteiger charge is -2.38. The van der Waals surface area contributed by atoms with Crippen molar-refractivity contribution in [1.29, 1.82) is 0 Å². The maximum absolute atomic E-state index is 17.9. The predicted octanol–water partition coefficient (Wildman–Crippen LogP) is 22.1. The van der Waals surface area contributed by atoms with Crippen LogP contribution in [0.1, 0.15) is 22.8 Å². The highest BCUT2D eigenvalue weighted by Crippen LogP contribution is 2.61. The molecule has 9 nitrogen and oxygen atoms in total. The lowest BCUT2D eigenvalue weighted by molar-refractivity contribution is -0.485. The molecule has 13 rings (SSSR count). The number of phenols is 1. The van der Waals surface area contributed by atoms with Crippen molar-refractivity contribution in [3.63, 3.8) is 0 Å². The van der Waals surface area contributed by atoms with Crippen LogP contribution < -0.4 is 4.18 Å². The van der Waals surface area contributed by atoms with E-state index >= 15 is 52.7 Å². The normalized spacial score (nSPS) is 13.4. The van der Waals surface area contributed by atoms with Crippen LogP contribution in [-0.4, -0.2) is 68.7 Å². The summed E-state index contributed by atoms with van der Waals surface area (Å²) in [6, 6.07) is 44.1. The summed E-state index contributed by atoms with van der Waals surface area (Å²) in [5.41, 5.74) is -4.15. The Balaban J connectivity index is 0.990. The molecule has 3 N–H and O–H groups in total. The number of allylic oxidation sites excluding steroid dienone is 1. The highest BCUT2D eigenvalue weighted by molar-refractivity contribution is 7.88. The summed E-state index contributed by atoms with van der Waals surface area (Å²) >= 11 is 25.3. The van der Waals surface area contributed by atoms with Crippen LogP contribution >= 0.6 is 46.4 Å². The Kier molecular flexibility index (Phi) is 16.2. The number of ether oxygens (including phenoxy) is 1. The van der Waals surface area contributed by atoms with Crippen LogP contribution in [0.4, 0.5) is 52.7 Å². The van der Waals surface area contributed by atoms with Crippen molar-refractivity contribution in [2.45, 2.75) is 35.2 Å². The van der Waals surface area contributed by atoms with Crippen LogP contribution in [-0.2, 0) is 14.9 Å². The van der Waals surface area contributed by atoms with Gasteiger partial charge in [0, 0.05) is 75.5 Å². The summed E-state index contributed by atoms with van der Waals surface area (Å²) in [6.45, 7) is 0. The Bertz CT molecular complexity index is 5350. The minimum absolute atomic E-state index is 0.0170. The van der Waals surface area contributed by atoms with Crippen LogP contribution in [0.3, 0.4) is 0 Å². The quantitative estimate of drug-likeness (QED) is 0.0688. The maximum atomic E-state index is 17.9. The number of halogens is 16. The zero-order chi connectivity index (χ0) is 68.2. The molecule has 8 aromatic carbocycles. The molecule has 2 aliphatic rings. The van der Waals surface area contributed by atoms with Crippen molar-refractivity contribution < 1.29 is 75.1 Å². The van der Waals surface area contributed by atoms with Gasteiger partial charge in [0.2, 0.25) is 0 Å². The average molecular weight is 1420 g/mol. The number of benzene rings is 8. The van der Waals surface area contributed by atoms with E-state index < -0.39 is 84.9 Å². The molecule has 0 radical (unpaired) electrons. The van der Waals surface area contributed by atoms with E-state index in [1.54, 1.807) is 66.7 Å². The minimum atomic E-state index is -8.03. The minimum Gasteiger partial charge on any atom is -0.507 e. The number of aromatic hydroxyl groups is 1. The van der Waals surface area contributed by atoms with Gasteiger partial charge in [-0.2, -0.15) is 61.1 Å². The van der Waals surface area contributed by atoms with E-state index in [0.717, 1.165) is 12.1 Å². The Hall–Kier alpha value is -9.29. The SMILES string of the molecule is O=S(=O)(Oc1ccc2ccccc2c1-c1c(O)ccc2ccccc12)C(F)(F)C(F)(F)OC(F)(F)C(F)(F)C(F)(F)C(F)(F)C1=Cc2nc1c(-c1ccc(Cl)cc1)c1ccc([nH]1)c(-c1ccc(Cl)cc1)c1nc(c(-c3ccc(Cl)cc3)c3ccc([nH]3)c2-c2ccc(Cl)cc2)C=C1. The van der Waals surface area contributed by atoms with Crippen molar-refractivity contribution in [3.8, 4) is 67.1 Å². The first kappa shape index (κ1) is 65.4. The number of fused-ring (bicyclic) bond motifs is 10. The second-order valence-electron chi connectivity index (χ2n) is 22.0. The number of alkyl halides is 12. The lowest BCUT2D eigenvalue weighted by atomic mass is 9.90. The second kappa shape index (κ2) is 23.8. The van der Waals surface area contributed by atoms with Gasteiger partial charge in [0.25, 0.3) is 0 Å². The first-order valence-corrected chi connectivity index (χ1v) is 31.2. The smallest absolute Gasteiger partial charge is 0.471 e. The molecule has 0 saturated carbocycles. The highest BCUT2D eigenvalue weighted by Gasteiger charge is 2.85. The van der Waals surface area contributed by atoms with Gasteiger partial charge in [-0.05, 0) is 147 Å². The number of rotatable bonds is 15. The van der Waals surface area contributed by atoms with Gasteiger partial charge in [-0.3, -0.25) is 0 Å². The zero-order valence-corrected chi connectivity index (χ0v) is 52.0. The van der Waals surface area contributed by atoms with Crippen molar-refractivity contribution in [1.82, 2.24) is 19.9 Å². The number of aromatic nitrogens is 4. The number of phenolic OH excluding ortho intramolecular Hbond substituents is 1. The first-order valence-electron chi connectivity index (χ1n) is 28.3. The topological polar surface area (TPSA) is 130 Å². The molecular weight excluding hydrogens is 1380 g/mol. The molecule has 5 heterocycles. The van der Waals surface area contributed by atoms with Crippen LogP contribution in [0, 0.1) is 0 Å². The van der Waals surface area contributed by atoms with E-state index in [2.05, 4.69) is 23.9 Å². The summed E-state index contributed by atoms with van der Waals surface area (Å²) in [6.07, 6.45) is -11.9. The van der Waals surface area contributed by atoms with Gasteiger partial charge >= 0.3 is 45.4 Å². The molecule has 8 bridgehead atoms. The molecule has 0 atom stereocenters. The fourth-order valence-electron chi connectivity index (χ4n) is 11.5. The monoisotopic (exact) mass is 1410 g/mol. The molecule has 0 fully saturated rings. The molecule has 0 amide bonds. The molecule has 486 valence electrons. The molecule has 0 spiro atoms. The fraction of sp³-hybridized carbons (Fsp3) is 0.0857. The predicted molar refractivity (Wildman–Crippen MR) is 348 cm³/mol. The lowest BCUT2D eigenvalue weighted by Crippen LogP contribution is -2.65. The van der Waals surface area contributed by atoms with Gasteiger partial charge in [0.1, 0.15) is 5.75 Å².